The first kappa shape index (κ1) is 15.1. The summed E-state index contributed by atoms with van der Waals surface area (Å²) in [7, 11) is 1.96. The van der Waals surface area contributed by atoms with Crippen molar-refractivity contribution in [2.75, 3.05) is 19.7 Å². The van der Waals surface area contributed by atoms with E-state index < -0.39 is 0 Å². The molecule has 1 aromatic carbocycles. The molecule has 0 N–H and O–H groups in total. The molecule has 2 heterocycles. The molecule has 1 amide bonds. The quantitative estimate of drug-likeness (QED) is 0.850. The minimum atomic E-state index is 0.107. The fourth-order valence-electron chi connectivity index (χ4n) is 3.24. The van der Waals surface area contributed by atoms with E-state index in [1.807, 2.05) is 34.7 Å². The summed E-state index contributed by atoms with van der Waals surface area (Å²) in [6.45, 7) is 4.42. The number of hydrogen-bond acceptors (Lipinski definition) is 2. The van der Waals surface area contributed by atoms with Gasteiger partial charge in [-0.25, -0.2) is 0 Å². The van der Waals surface area contributed by atoms with Gasteiger partial charge in [-0.3, -0.25) is 4.79 Å². The lowest BCUT2D eigenvalue weighted by Crippen LogP contribution is -2.38. The fraction of sp³-hybridized carbons (Fsp3) is 0.500. The zero-order chi connectivity index (χ0) is 15.5. The van der Waals surface area contributed by atoms with Crippen molar-refractivity contribution < 1.29 is 9.53 Å². The molecule has 1 aromatic heterocycles. The maximum absolute atomic E-state index is 13.0. The Balaban J connectivity index is 1.85. The number of carbonyl (C=O) groups is 1. The lowest BCUT2D eigenvalue weighted by atomic mass is 10.2. The molecule has 0 aliphatic carbocycles. The van der Waals surface area contributed by atoms with Crippen LogP contribution in [0.2, 0.25) is 0 Å². The van der Waals surface area contributed by atoms with Crippen LogP contribution in [-0.4, -0.2) is 41.2 Å². The Hall–Kier alpha value is -1.81. The maximum atomic E-state index is 13.0. The third kappa shape index (κ3) is 2.88. The van der Waals surface area contributed by atoms with Gasteiger partial charge in [0.25, 0.3) is 5.91 Å². The van der Waals surface area contributed by atoms with E-state index in [0.717, 1.165) is 49.0 Å². The smallest absolute Gasteiger partial charge is 0.270 e. The lowest BCUT2D eigenvalue weighted by molar-refractivity contribution is 0.0519. The summed E-state index contributed by atoms with van der Waals surface area (Å²) in [6, 6.07) is 10.1. The minimum Gasteiger partial charge on any atom is -0.376 e. The Morgan fingerprint density at radius 3 is 2.91 bits per heavy atom. The Kier molecular flexibility index (Phi) is 4.48. The number of aromatic nitrogens is 1. The Labute approximate surface area is 131 Å². The van der Waals surface area contributed by atoms with E-state index in [9.17, 15) is 4.79 Å². The highest BCUT2D eigenvalue weighted by Crippen LogP contribution is 2.21. The highest BCUT2D eigenvalue weighted by Gasteiger charge is 2.24. The zero-order valence-corrected chi connectivity index (χ0v) is 13.4. The van der Waals surface area contributed by atoms with Crippen LogP contribution in [0.15, 0.2) is 30.3 Å². The normalized spacial score (nSPS) is 18.0. The van der Waals surface area contributed by atoms with Crippen molar-refractivity contribution in [3.8, 4) is 0 Å². The summed E-state index contributed by atoms with van der Waals surface area (Å²) in [5.41, 5.74) is 1.85. The number of para-hydroxylation sites is 1. The van der Waals surface area contributed by atoms with E-state index in [1.54, 1.807) is 0 Å². The van der Waals surface area contributed by atoms with Gasteiger partial charge >= 0.3 is 0 Å². The maximum Gasteiger partial charge on any atom is 0.270 e. The van der Waals surface area contributed by atoms with Crippen molar-refractivity contribution >= 4 is 16.8 Å². The minimum absolute atomic E-state index is 0.107. The summed E-state index contributed by atoms with van der Waals surface area (Å²) in [4.78, 5) is 14.9. The lowest BCUT2D eigenvalue weighted by Gasteiger charge is -2.25. The molecule has 3 rings (SSSR count). The third-order valence-corrected chi connectivity index (χ3v) is 4.40. The summed E-state index contributed by atoms with van der Waals surface area (Å²) in [5, 5.41) is 1.11. The molecule has 0 radical (unpaired) electrons. The molecule has 4 nitrogen and oxygen atoms in total. The van der Waals surface area contributed by atoms with E-state index in [4.69, 9.17) is 4.74 Å². The van der Waals surface area contributed by atoms with E-state index in [0.29, 0.717) is 6.54 Å². The molecule has 0 spiro atoms. The second-order valence-electron chi connectivity index (χ2n) is 6.03. The molecule has 1 aliphatic rings. The van der Waals surface area contributed by atoms with Crippen LogP contribution in [0.25, 0.3) is 10.9 Å². The van der Waals surface area contributed by atoms with Gasteiger partial charge in [-0.05, 0) is 31.4 Å². The summed E-state index contributed by atoms with van der Waals surface area (Å²) < 4.78 is 7.70. The highest BCUT2D eigenvalue weighted by atomic mass is 16.5. The molecular weight excluding hydrogens is 276 g/mol. The van der Waals surface area contributed by atoms with Crippen molar-refractivity contribution in [1.82, 2.24) is 9.47 Å². The number of carbonyl (C=O) groups excluding carboxylic acids is 1. The molecule has 1 aliphatic heterocycles. The van der Waals surface area contributed by atoms with Gasteiger partial charge in [0.2, 0.25) is 0 Å². The van der Waals surface area contributed by atoms with Crippen LogP contribution in [0, 0.1) is 0 Å². The van der Waals surface area contributed by atoms with Gasteiger partial charge in [0.1, 0.15) is 5.69 Å². The summed E-state index contributed by atoms with van der Waals surface area (Å²) in [5.74, 6) is 0.107. The van der Waals surface area contributed by atoms with Crippen molar-refractivity contribution in [2.24, 2.45) is 7.05 Å². The highest BCUT2D eigenvalue weighted by molar-refractivity contribution is 5.98. The molecule has 1 fully saturated rings. The predicted molar refractivity (Wildman–Crippen MR) is 88.1 cm³/mol. The first-order valence-electron chi connectivity index (χ1n) is 8.16. The van der Waals surface area contributed by atoms with E-state index in [2.05, 4.69) is 19.1 Å². The number of ether oxygens (including phenoxy) is 1. The predicted octanol–water partition coefficient (Wildman–Crippen LogP) is 3.21. The number of fused-ring (bicyclic) bond motifs is 1. The SMILES string of the molecule is CCCN(C[C@H]1CCCO1)C(=O)c1cc2ccccc2n1C. The second-order valence-corrected chi connectivity index (χ2v) is 6.03. The number of benzene rings is 1. The average Bonchev–Trinajstić information content (AvgIpc) is 3.15. The second kappa shape index (κ2) is 6.53. The van der Waals surface area contributed by atoms with Gasteiger partial charge in [0.15, 0.2) is 0 Å². The average molecular weight is 300 g/mol. The van der Waals surface area contributed by atoms with Crippen LogP contribution in [0.4, 0.5) is 0 Å². The van der Waals surface area contributed by atoms with E-state index >= 15 is 0 Å². The molecule has 22 heavy (non-hydrogen) atoms. The molecule has 118 valence electrons. The molecule has 4 heteroatoms. The molecule has 1 saturated heterocycles. The van der Waals surface area contributed by atoms with E-state index in [-0.39, 0.29) is 12.0 Å². The van der Waals surface area contributed by atoms with Gasteiger partial charge in [-0.15, -0.1) is 0 Å². The van der Waals surface area contributed by atoms with Crippen LogP contribution < -0.4 is 0 Å². The van der Waals surface area contributed by atoms with Gasteiger partial charge in [-0.2, -0.15) is 0 Å². The molecule has 0 saturated carbocycles. The summed E-state index contributed by atoms with van der Waals surface area (Å²) >= 11 is 0. The summed E-state index contributed by atoms with van der Waals surface area (Å²) in [6.07, 6.45) is 3.32. The zero-order valence-electron chi connectivity index (χ0n) is 13.4. The van der Waals surface area contributed by atoms with Crippen LogP contribution in [0.3, 0.4) is 0 Å². The fourth-order valence-corrected chi connectivity index (χ4v) is 3.24. The first-order chi connectivity index (χ1) is 10.7. The van der Waals surface area contributed by atoms with Gasteiger partial charge in [0, 0.05) is 37.6 Å². The number of amides is 1. The number of aryl methyl sites for hydroxylation is 1. The number of hydrogen-bond donors (Lipinski definition) is 0. The largest absolute Gasteiger partial charge is 0.376 e. The van der Waals surface area contributed by atoms with Gasteiger partial charge in [-0.1, -0.05) is 25.1 Å². The van der Waals surface area contributed by atoms with Crippen molar-refractivity contribution in [3.63, 3.8) is 0 Å². The molecule has 2 aromatic rings. The Morgan fingerprint density at radius 2 is 2.23 bits per heavy atom. The van der Waals surface area contributed by atoms with Crippen molar-refractivity contribution in [1.29, 1.82) is 0 Å². The third-order valence-electron chi connectivity index (χ3n) is 4.40. The van der Waals surface area contributed by atoms with E-state index in [1.165, 1.54) is 0 Å². The number of nitrogens with zero attached hydrogens (tertiary/aromatic N) is 2. The molecule has 1 atom stereocenters. The van der Waals surface area contributed by atoms with Crippen LogP contribution in [0.1, 0.15) is 36.7 Å². The van der Waals surface area contributed by atoms with Crippen molar-refractivity contribution in [3.05, 3.63) is 36.0 Å². The Morgan fingerprint density at radius 1 is 1.41 bits per heavy atom. The molecular formula is C18H24N2O2. The van der Waals surface area contributed by atoms with Crippen LogP contribution >= 0.6 is 0 Å². The Bertz CT molecular complexity index is 656. The monoisotopic (exact) mass is 300 g/mol. The first-order valence-corrected chi connectivity index (χ1v) is 8.16. The van der Waals surface area contributed by atoms with Crippen LogP contribution in [-0.2, 0) is 11.8 Å². The molecule has 0 bridgehead atoms. The van der Waals surface area contributed by atoms with Crippen LogP contribution in [0.5, 0.6) is 0 Å². The topological polar surface area (TPSA) is 34.5 Å². The standard InChI is InChI=1S/C18H24N2O2/c1-3-10-20(13-15-8-6-11-22-15)18(21)17-12-14-7-4-5-9-16(14)19(17)2/h4-5,7,9,12,15H,3,6,8,10-11,13H2,1-2H3/t15-/m1/s1. The van der Waals surface area contributed by atoms with Crippen molar-refractivity contribution in [2.45, 2.75) is 32.3 Å². The van der Waals surface area contributed by atoms with Gasteiger partial charge < -0.3 is 14.2 Å². The number of rotatable bonds is 5. The molecule has 0 unspecified atom stereocenters. The van der Waals surface area contributed by atoms with Gasteiger partial charge in [0.05, 0.1) is 6.10 Å².